The number of anilines is 2. The average molecular weight is 317 g/mol. The summed E-state index contributed by atoms with van der Waals surface area (Å²) in [6.45, 7) is 0. The van der Waals surface area contributed by atoms with E-state index in [2.05, 4.69) is 15.0 Å². The molecule has 1 aromatic carbocycles. The molecule has 7 heteroatoms. The van der Waals surface area contributed by atoms with Crippen LogP contribution >= 0.6 is 11.3 Å². The quantitative estimate of drug-likeness (QED) is 0.880. The number of nitrogens with zero attached hydrogens (tertiary/aromatic N) is 2. The van der Waals surface area contributed by atoms with Crippen molar-refractivity contribution in [2.24, 2.45) is 0 Å². The molecule has 1 heterocycles. The monoisotopic (exact) mass is 317 g/mol. The van der Waals surface area contributed by atoms with Gasteiger partial charge in [-0.15, -0.1) is 11.3 Å². The van der Waals surface area contributed by atoms with E-state index in [-0.39, 0.29) is 5.91 Å². The standard InChI is InChI=1S/C15H15N3O3S/c1-18(15(20)21-2)13-6-3-11(4-7-13)17-14(19)8-5-12-9-22-10-16-12/h3-10H,1-2H3,(H,17,19). The Balaban J connectivity index is 1.96. The van der Waals surface area contributed by atoms with E-state index in [0.29, 0.717) is 11.4 Å². The van der Waals surface area contributed by atoms with Crippen LogP contribution < -0.4 is 10.2 Å². The average Bonchev–Trinajstić information content (AvgIpc) is 3.05. The summed E-state index contributed by atoms with van der Waals surface area (Å²) in [5, 5.41) is 4.58. The Hall–Kier alpha value is -2.67. The zero-order valence-corrected chi connectivity index (χ0v) is 13.0. The van der Waals surface area contributed by atoms with Crippen LogP contribution in [-0.4, -0.2) is 31.1 Å². The van der Waals surface area contributed by atoms with Crippen LogP contribution in [0.3, 0.4) is 0 Å². The largest absolute Gasteiger partial charge is 0.452 e. The van der Waals surface area contributed by atoms with Crippen LogP contribution in [0.4, 0.5) is 16.2 Å². The number of carbonyl (C=O) groups excluding carboxylic acids is 2. The first-order chi connectivity index (χ1) is 10.6. The van der Waals surface area contributed by atoms with E-state index in [0.717, 1.165) is 5.69 Å². The van der Waals surface area contributed by atoms with Crippen LogP contribution in [0.25, 0.3) is 6.08 Å². The number of ether oxygens (including phenoxy) is 1. The number of hydrogen-bond donors (Lipinski definition) is 1. The number of methoxy groups -OCH3 is 1. The van der Waals surface area contributed by atoms with E-state index in [4.69, 9.17) is 0 Å². The Morgan fingerprint density at radius 3 is 2.64 bits per heavy atom. The summed E-state index contributed by atoms with van der Waals surface area (Å²) in [5.74, 6) is -0.248. The number of benzene rings is 1. The minimum Gasteiger partial charge on any atom is -0.452 e. The molecule has 0 aliphatic rings. The second-order valence-corrected chi connectivity index (χ2v) is 5.03. The normalized spacial score (nSPS) is 10.5. The molecule has 0 aliphatic heterocycles. The highest BCUT2D eigenvalue weighted by atomic mass is 32.1. The maximum Gasteiger partial charge on any atom is 0.413 e. The Labute approximate surface area is 132 Å². The van der Waals surface area contributed by atoms with Gasteiger partial charge in [0, 0.05) is 29.9 Å². The Bertz CT molecular complexity index is 666. The molecule has 0 bridgehead atoms. The zero-order valence-electron chi connectivity index (χ0n) is 12.1. The summed E-state index contributed by atoms with van der Waals surface area (Å²) in [6.07, 6.45) is 2.61. The lowest BCUT2D eigenvalue weighted by Gasteiger charge is -2.15. The molecule has 114 valence electrons. The van der Waals surface area contributed by atoms with Crippen molar-refractivity contribution in [1.29, 1.82) is 0 Å². The second-order valence-electron chi connectivity index (χ2n) is 4.31. The minimum absolute atomic E-state index is 0.248. The fraction of sp³-hybridized carbons (Fsp3) is 0.133. The molecule has 0 unspecified atom stereocenters. The van der Waals surface area contributed by atoms with Crippen molar-refractivity contribution >= 4 is 40.8 Å². The smallest absolute Gasteiger partial charge is 0.413 e. The first kappa shape index (κ1) is 15.7. The van der Waals surface area contributed by atoms with Crippen molar-refractivity contribution in [2.45, 2.75) is 0 Å². The SMILES string of the molecule is COC(=O)N(C)c1ccc(NC(=O)C=Cc2cscn2)cc1. The summed E-state index contributed by atoms with van der Waals surface area (Å²) in [5.41, 5.74) is 3.75. The molecule has 0 saturated carbocycles. The number of thiazole rings is 1. The van der Waals surface area contributed by atoms with Gasteiger partial charge in [-0.3, -0.25) is 9.69 Å². The number of rotatable bonds is 4. The molecule has 0 saturated heterocycles. The zero-order chi connectivity index (χ0) is 15.9. The fourth-order valence-corrected chi connectivity index (χ4v) is 2.18. The molecule has 0 radical (unpaired) electrons. The topological polar surface area (TPSA) is 71.5 Å². The highest BCUT2D eigenvalue weighted by Crippen LogP contribution is 2.17. The molecule has 1 N–H and O–H groups in total. The van der Waals surface area contributed by atoms with Crippen molar-refractivity contribution in [3.8, 4) is 0 Å². The summed E-state index contributed by atoms with van der Waals surface area (Å²) >= 11 is 1.47. The van der Waals surface area contributed by atoms with Gasteiger partial charge in [0.25, 0.3) is 0 Å². The third kappa shape index (κ3) is 4.16. The first-order valence-electron chi connectivity index (χ1n) is 6.39. The Morgan fingerprint density at radius 2 is 2.05 bits per heavy atom. The minimum atomic E-state index is -0.456. The number of aromatic nitrogens is 1. The van der Waals surface area contributed by atoms with Crippen molar-refractivity contribution in [1.82, 2.24) is 4.98 Å². The van der Waals surface area contributed by atoms with E-state index in [1.54, 1.807) is 42.9 Å². The van der Waals surface area contributed by atoms with Crippen molar-refractivity contribution < 1.29 is 14.3 Å². The summed E-state index contributed by atoms with van der Waals surface area (Å²) in [6, 6.07) is 6.86. The molecule has 2 aromatic rings. The molecule has 0 atom stereocenters. The molecular weight excluding hydrogens is 302 g/mol. The number of hydrogen-bond acceptors (Lipinski definition) is 5. The van der Waals surface area contributed by atoms with Crippen LogP contribution in [0, 0.1) is 0 Å². The van der Waals surface area contributed by atoms with Crippen molar-refractivity contribution in [2.75, 3.05) is 24.4 Å². The Morgan fingerprint density at radius 1 is 1.32 bits per heavy atom. The van der Waals surface area contributed by atoms with Crippen LogP contribution in [0.5, 0.6) is 0 Å². The van der Waals surface area contributed by atoms with E-state index in [1.807, 2.05) is 5.38 Å². The third-order valence-electron chi connectivity index (χ3n) is 2.83. The van der Waals surface area contributed by atoms with Gasteiger partial charge in [0.05, 0.1) is 18.3 Å². The molecule has 1 aromatic heterocycles. The van der Waals surface area contributed by atoms with Crippen LogP contribution in [-0.2, 0) is 9.53 Å². The third-order valence-corrected chi connectivity index (χ3v) is 3.43. The predicted octanol–water partition coefficient (Wildman–Crippen LogP) is 3.00. The van der Waals surface area contributed by atoms with Gasteiger partial charge >= 0.3 is 6.09 Å². The highest BCUT2D eigenvalue weighted by Gasteiger charge is 2.10. The number of amides is 2. The van der Waals surface area contributed by atoms with Gasteiger partial charge in [-0.2, -0.15) is 0 Å². The maximum atomic E-state index is 11.8. The maximum absolute atomic E-state index is 11.8. The van der Waals surface area contributed by atoms with Crippen molar-refractivity contribution in [3.05, 3.63) is 46.9 Å². The summed E-state index contributed by atoms with van der Waals surface area (Å²) < 4.78 is 4.63. The molecule has 6 nitrogen and oxygen atoms in total. The predicted molar refractivity (Wildman–Crippen MR) is 87.0 cm³/mol. The van der Waals surface area contributed by atoms with Gasteiger partial charge in [-0.05, 0) is 30.3 Å². The molecule has 0 spiro atoms. The molecular formula is C15H15N3O3S. The fourth-order valence-electron chi connectivity index (χ4n) is 1.66. The van der Waals surface area contributed by atoms with Crippen LogP contribution in [0.1, 0.15) is 5.69 Å². The van der Waals surface area contributed by atoms with Gasteiger partial charge in [-0.25, -0.2) is 9.78 Å². The van der Waals surface area contributed by atoms with E-state index in [9.17, 15) is 9.59 Å². The lowest BCUT2D eigenvalue weighted by molar-refractivity contribution is -0.111. The summed E-state index contributed by atoms with van der Waals surface area (Å²) in [7, 11) is 2.93. The highest BCUT2D eigenvalue weighted by molar-refractivity contribution is 7.07. The van der Waals surface area contributed by atoms with Gasteiger partial charge in [0.15, 0.2) is 0 Å². The van der Waals surface area contributed by atoms with Gasteiger partial charge in [0.1, 0.15) is 0 Å². The number of nitrogens with one attached hydrogen (secondary N) is 1. The molecule has 22 heavy (non-hydrogen) atoms. The lowest BCUT2D eigenvalue weighted by atomic mass is 10.2. The van der Waals surface area contributed by atoms with Gasteiger partial charge < -0.3 is 10.1 Å². The first-order valence-corrected chi connectivity index (χ1v) is 7.33. The van der Waals surface area contributed by atoms with Crippen molar-refractivity contribution in [3.63, 3.8) is 0 Å². The summed E-state index contributed by atoms with van der Waals surface area (Å²) in [4.78, 5) is 28.6. The molecule has 2 amide bonds. The van der Waals surface area contributed by atoms with E-state index >= 15 is 0 Å². The lowest BCUT2D eigenvalue weighted by Crippen LogP contribution is -2.25. The molecule has 0 aliphatic carbocycles. The van der Waals surface area contributed by atoms with Gasteiger partial charge in [0.2, 0.25) is 5.91 Å². The van der Waals surface area contributed by atoms with E-state index < -0.39 is 6.09 Å². The van der Waals surface area contributed by atoms with E-state index in [1.165, 1.54) is 29.4 Å². The Kier molecular flexibility index (Phi) is 5.26. The molecule has 2 rings (SSSR count). The van der Waals surface area contributed by atoms with Gasteiger partial charge in [-0.1, -0.05) is 0 Å². The van der Waals surface area contributed by atoms with Crippen LogP contribution in [0.15, 0.2) is 41.2 Å². The number of carbonyl (C=O) groups is 2. The second kappa shape index (κ2) is 7.37. The van der Waals surface area contributed by atoms with Crippen LogP contribution in [0.2, 0.25) is 0 Å². The molecule has 0 fully saturated rings.